The first-order valence-electron chi connectivity index (χ1n) is 2.06. The summed E-state index contributed by atoms with van der Waals surface area (Å²) in [5, 5.41) is 0. The molecule has 0 rings (SSSR count). The number of carbonyl (C=O) groups excluding carboxylic acids is 2. The lowest BCUT2D eigenvalue weighted by atomic mass is 10.7. The summed E-state index contributed by atoms with van der Waals surface area (Å²) in [7, 11) is 0. The van der Waals surface area contributed by atoms with Crippen molar-refractivity contribution in [1.82, 2.24) is 0 Å². The molecule has 9 heavy (non-hydrogen) atoms. The monoisotopic (exact) mass is 128 g/mol. The minimum Gasteiger partial charge on any atom is -0.385 e. The van der Waals surface area contributed by atoms with E-state index in [1.54, 1.807) is 0 Å². The summed E-state index contributed by atoms with van der Waals surface area (Å²) in [5.41, 5.74) is 7.71. The number of hydrogen-bond donors (Lipinski definition) is 0. The first-order chi connectivity index (χ1) is 4.16. The predicted molar refractivity (Wildman–Crippen MR) is 26.5 cm³/mol. The van der Waals surface area contributed by atoms with Gasteiger partial charge in [-0.05, 0) is 0 Å². The highest BCUT2D eigenvalue weighted by molar-refractivity contribution is 6.22. The normalized spacial score (nSPS) is 7.22. The second kappa shape index (κ2) is 3.51. The quantitative estimate of drug-likeness (QED) is 0.155. The van der Waals surface area contributed by atoms with E-state index in [1.807, 2.05) is 0 Å². The van der Waals surface area contributed by atoms with Gasteiger partial charge in [0, 0.05) is 6.92 Å². The predicted octanol–water partition coefficient (Wildman–Crippen LogP) is -0.623. The maximum Gasteiger partial charge on any atom is 0.421 e. The Morgan fingerprint density at radius 3 is 2.56 bits per heavy atom. The molecule has 5 heteroatoms. The summed E-state index contributed by atoms with van der Waals surface area (Å²) in [4.78, 5) is 22.4. The van der Waals surface area contributed by atoms with Gasteiger partial charge in [0.15, 0.2) is 0 Å². The molecule has 0 aliphatic rings. The Balaban J connectivity index is 3.78. The fraction of sp³-hybridized carbons (Fsp3) is 0.250. The Kier molecular flexibility index (Phi) is 2.94. The van der Waals surface area contributed by atoms with Crippen LogP contribution in [-0.2, 0) is 14.3 Å². The van der Waals surface area contributed by atoms with Gasteiger partial charge in [-0.1, -0.05) is 0 Å². The standard InChI is InChI=1S/C4H4N2O3/c1-3(7)9-4(8)2-6-5/h2H,1H3. The maximum absolute atomic E-state index is 10.1. The lowest BCUT2D eigenvalue weighted by molar-refractivity contribution is -0.154. The first-order valence-corrected chi connectivity index (χ1v) is 2.06. The topological polar surface area (TPSA) is 79.8 Å². The zero-order valence-corrected chi connectivity index (χ0v) is 4.70. The van der Waals surface area contributed by atoms with Crippen LogP contribution >= 0.6 is 0 Å². The highest BCUT2D eigenvalue weighted by Gasteiger charge is 2.04. The molecule has 0 aromatic heterocycles. The van der Waals surface area contributed by atoms with Crippen LogP contribution in [0.3, 0.4) is 0 Å². The zero-order chi connectivity index (χ0) is 7.28. The smallest absolute Gasteiger partial charge is 0.385 e. The van der Waals surface area contributed by atoms with E-state index in [0.717, 1.165) is 6.92 Å². The van der Waals surface area contributed by atoms with Crippen molar-refractivity contribution in [2.75, 3.05) is 0 Å². The van der Waals surface area contributed by atoms with Gasteiger partial charge in [-0.25, -0.2) is 4.79 Å². The van der Waals surface area contributed by atoms with E-state index in [9.17, 15) is 9.59 Å². The van der Waals surface area contributed by atoms with Crippen LogP contribution in [0.4, 0.5) is 0 Å². The van der Waals surface area contributed by atoms with Crippen molar-refractivity contribution in [3.05, 3.63) is 5.53 Å². The molecule has 0 aromatic carbocycles. The van der Waals surface area contributed by atoms with Crippen molar-refractivity contribution in [1.29, 1.82) is 0 Å². The Bertz CT molecular complexity index is 180. The van der Waals surface area contributed by atoms with E-state index in [4.69, 9.17) is 5.53 Å². The van der Waals surface area contributed by atoms with Crippen LogP contribution in [0.2, 0.25) is 0 Å². The number of rotatable bonds is 1. The van der Waals surface area contributed by atoms with Crippen LogP contribution in [0.5, 0.6) is 0 Å². The van der Waals surface area contributed by atoms with Gasteiger partial charge in [-0.15, -0.1) is 0 Å². The van der Waals surface area contributed by atoms with Crippen molar-refractivity contribution in [3.8, 4) is 0 Å². The summed E-state index contributed by atoms with van der Waals surface area (Å²) >= 11 is 0. The van der Waals surface area contributed by atoms with E-state index in [0.29, 0.717) is 6.21 Å². The van der Waals surface area contributed by atoms with Gasteiger partial charge in [0.05, 0.1) is 0 Å². The first kappa shape index (κ1) is 7.52. The number of carbonyl (C=O) groups is 2. The van der Waals surface area contributed by atoms with Crippen molar-refractivity contribution in [2.45, 2.75) is 6.92 Å². The minimum atomic E-state index is -0.981. The molecule has 0 spiro atoms. The van der Waals surface area contributed by atoms with Crippen LogP contribution in [-0.4, -0.2) is 22.9 Å². The lowest BCUT2D eigenvalue weighted by Crippen LogP contribution is -2.09. The van der Waals surface area contributed by atoms with E-state index in [2.05, 4.69) is 9.53 Å². The van der Waals surface area contributed by atoms with E-state index >= 15 is 0 Å². The largest absolute Gasteiger partial charge is 0.421 e. The third kappa shape index (κ3) is 4.37. The molecule has 5 nitrogen and oxygen atoms in total. The van der Waals surface area contributed by atoms with Gasteiger partial charge in [-0.3, -0.25) is 4.79 Å². The molecule has 0 unspecified atom stereocenters. The molecule has 0 aliphatic carbocycles. The second-order valence-corrected chi connectivity index (χ2v) is 1.16. The number of ether oxygens (including phenoxy) is 1. The molecule has 0 saturated heterocycles. The SMILES string of the molecule is CC(=O)OC(=O)C=[N+]=[N-]. The molecule has 0 amide bonds. The molecule has 0 aliphatic heterocycles. The van der Waals surface area contributed by atoms with Crippen LogP contribution < -0.4 is 0 Å². The van der Waals surface area contributed by atoms with Gasteiger partial charge in [0.1, 0.15) is 0 Å². The summed E-state index contributed by atoms with van der Waals surface area (Å²) in [6.07, 6.45) is 0.488. The van der Waals surface area contributed by atoms with Gasteiger partial charge in [0.25, 0.3) is 0 Å². The summed E-state index contributed by atoms with van der Waals surface area (Å²) in [6, 6.07) is 0. The highest BCUT2D eigenvalue weighted by Crippen LogP contribution is 1.72. The number of nitrogens with zero attached hydrogens (tertiary/aromatic N) is 2. The average Bonchev–Trinajstić information content (AvgIpc) is 1.63. The van der Waals surface area contributed by atoms with Crippen molar-refractivity contribution in [2.24, 2.45) is 0 Å². The van der Waals surface area contributed by atoms with E-state index in [-0.39, 0.29) is 0 Å². The lowest BCUT2D eigenvalue weighted by Gasteiger charge is -1.85. The van der Waals surface area contributed by atoms with Gasteiger partial charge in [-0.2, -0.15) is 4.79 Å². The van der Waals surface area contributed by atoms with E-state index < -0.39 is 11.9 Å². The minimum absolute atomic E-state index is 0.488. The molecular formula is C4H4N2O3. The fourth-order valence-electron chi connectivity index (χ4n) is 0.215. The molecule has 0 heterocycles. The Morgan fingerprint density at radius 2 is 2.22 bits per heavy atom. The van der Waals surface area contributed by atoms with Crippen LogP contribution in [0.15, 0.2) is 0 Å². The molecule has 0 fully saturated rings. The summed E-state index contributed by atoms with van der Waals surface area (Å²) in [5.74, 6) is -1.72. The highest BCUT2D eigenvalue weighted by atomic mass is 16.6. The third-order valence-corrected chi connectivity index (χ3v) is 0.407. The molecule has 0 bridgehead atoms. The van der Waals surface area contributed by atoms with Crippen LogP contribution in [0.25, 0.3) is 5.53 Å². The zero-order valence-electron chi connectivity index (χ0n) is 4.70. The van der Waals surface area contributed by atoms with Gasteiger partial charge < -0.3 is 10.3 Å². The van der Waals surface area contributed by atoms with Crippen molar-refractivity contribution < 1.29 is 19.1 Å². The average molecular weight is 128 g/mol. The third-order valence-electron chi connectivity index (χ3n) is 0.407. The molecule has 48 valence electrons. The number of esters is 2. The Labute approximate surface area is 50.9 Å². The van der Waals surface area contributed by atoms with Crippen LogP contribution in [0.1, 0.15) is 6.92 Å². The molecule has 0 N–H and O–H groups in total. The Morgan fingerprint density at radius 1 is 1.67 bits per heavy atom. The number of hydrogen-bond acceptors (Lipinski definition) is 3. The van der Waals surface area contributed by atoms with Crippen LogP contribution in [0, 0.1) is 0 Å². The summed E-state index contributed by atoms with van der Waals surface area (Å²) in [6.45, 7) is 1.07. The fourth-order valence-corrected chi connectivity index (χ4v) is 0.215. The molecular weight excluding hydrogens is 124 g/mol. The molecule has 0 aromatic rings. The second-order valence-electron chi connectivity index (χ2n) is 1.16. The van der Waals surface area contributed by atoms with Gasteiger partial charge >= 0.3 is 18.2 Å². The van der Waals surface area contributed by atoms with Crippen molar-refractivity contribution in [3.63, 3.8) is 0 Å². The van der Waals surface area contributed by atoms with E-state index in [1.165, 1.54) is 0 Å². The maximum atomic E-state index is 10.1. The Hall–Kier alpha value is -1.48. The summed E-state index contributed by atoms with van der Waals surface area (Å²) < 4.78 is 3.90. The van der Waals surface area contributed by atoms with Crippen molar-refractivity contribution >= 4 is 18.2 Å². The molecule has 0 radical (unpaired) electrons. The molecule has 0 saturated carbocycles. The van der Waals surface area contributed by atoms with Gasteiger partial charge in [0.2, 0.25) is 0 Å². The molecule has 0 atom stereocenters.